The molecule has 2 saturated carbocycles. The minimum Gasteiger partial charge on any atom is -0.465 e. The molecule has 0 spiro atoms. The van der Waals surface area contributed by atoms with Gasteiger partial charge in [0.15, 0.2) is 0 Å². The number of hydrogen-bond donors (Lipinski definition) is 1. The zero-order valence-corrected chi connectivity index (χ0v) is 17.1. The lowest BCUT2D eigenvalue weighted by molar-refractivity contribution is -0.278. The van der Waals surface area contributed by atoms with Crippen molar-refractivity contribution in [2.75, 3.05) is 6.61 Å². The van der Waals surface area contributed by atoms with E-state index < -0.39 is 0 Å². The van der Waals surface area contributed by atoms with E-state index in [9.17, 15) is 9.90 Å². The van der Waals surface area contributed by atoms with Crippen molar-refractivity contribution in [2.24, 2.45) is 22.7 Å². The third-order valence-corrected chi connectivity index (χ3v) is 8.15. The van der Waals surface area contributed by atoms with Gasteiger partial charge in [0.1, 0.15) is 0 Å². The summed E-state index contributed by atoms with van der Waals surface area (Å²) < 4.78 is 12.1. The van der Waals surface area contributed by atoms with Crippen molar-refractivity contribution in [1.82, 2.24) is 0 Å². The molecular formula is C22H36O4. The van der Waals surface area contributed by atoms with E-state index in [4.69, 9.17) is 9.47 Å². The van der Waals surface area contributed by atoms with Crippen LogP contribution in [0.5, 0.6) is 0 Å². The maximum atomic E-state index is 11.4. The number of carbonyl (C=O) groups is 1. The van der Waals surface area contributed by atoms with Crippen LogP contribution in [0.15, 0.2) is 12.7 Å². The average Bonchev–Trinajstić information content (AvgIpc) is 2.56. The van der Waals surface area contributed by atoms with E-state index in [0.29, 0.717) is 18.4 Å². The molecule has 0 amide bonds. The maximum Gasteiger partial charge on any atom is 0.302 e. The highest BCUT2D eigenvalue weighted by atomic mass is 16.5. The molecule has 2 aliphatic carbocycles. The molecule has 1 heterocycles. The van der Waals surface area contributed by atoms with Crippen LogP contribution in [0.3, 0.4) is 0 Å². The quantitative estimate of drug-likeness (QED) is 0.601. The summed E-state index contributed by atoms with van der Waals surface area (Å²) in [6, 6.07) is 0. The molecule has 1 N–H and O–H groups in total. The number of esters is 1. The van der Waals surface area contributed by atoms with Gasteiger partial charge in [0.25, 0.3) is 0 Å². The predicted molar refractivity (Wildman–Crippen MR) is 102 cm³/mol. The zero-order valence-electron chi connectivity index (χ0n) is 17.1. The SMILES string of the molecule is C=C[C@@]1(C)CC[C@H]2[C@@]3(C)[C@H](O)CC[C@@](C)(COC(C)=O)[C@@H]3CC[C@@]2(C)O1. The van der Waals surface area contributed by atoms with Crippen LogP contribution in [0.4, 0.5) is 0 Å². The fraction of sp³-hybridized carbons (Fsp3) is 0.864. The molecule has 148 valence electrons. The summed E-state index contributed by atoms with van der Waals surface area (Å²) in [4.78, 5) is 11.4. The third-order valence-electron chi connectivity index (χ3n) is 8.15. The molecule has 0 unspecified atom stereocenters. The van der Waals surface area contributed by atoms with Crippen molar-refractivity contribution in [3.63, 3.8) is 0 Å². The predicted octanol–water partition coefficient (Wildman–Crippen LogP) is 4.26. The highest BCUT2D eigenvalue weighted by Crippen LogP contribution is 2.65. The molecule has 1 aliphatic heterocycles. The molecule has 0 aromatic rings. The number of hydrogen-bond acceptors (Lipinski definition) is 4. The number of aliphatic hydroxyl groups excluding tert-OH is 1. The maximum absolute atomic E-state index is 11.4. The number of rotatable bonds is 3. The lowest BCUT2D eigenvalue weighted by Gasteiger charge is -2.66. The molecule has 3 fully saturated rings. The van der Waals surface area contributed by atoms with Gasteiger partial charge in [0, 0.05) is 17.8 Å². The molecule has 0 aromatic heterocycles. The molecule has 0 bridgehead atoms. The summed E-state index contributed by atoms with van der Waals surface area (Å²) >= 11 is 0. The summed E-state index contributed by atoms with van der Waals surface area (Å²) in [5.74, 6) is 0.407. The van der Waals surface area contributed by atoms with E-state index in [-0.39, 0.29) is 34.1 Å². The average molecular weight is 365 g/mol. The van der Waals surface area contributed by atoms with Crippen LogP contribution in [0, 0.1) is 22.7 Å². The zero-order chi connectivity index (χ0) is 19.4. The Bertz CT molecular complexity index is 589. The van der Waals surface area contributed by atoms with Gasteiger partial charge in [-0.05, 0) is 64.2 Å². The Morgan fingerprint density at radius 2 is 1.81 bits per heavy atom. The van der Waals surface area contributed by atoms with Crippen LogP contribution in [0.25, 0.3) is 0 Å². The van der Waals surface area contributed by atoms with Gasteiger partial charge >= 0.3 is 5.97 Å². The summed E-state index contributed by atoms with van der Waals surface area (Å²) in [5.41, 5.74) is -0.828. The standard InChI is InChI=1S/C22H36O4/c1-7-20(4)12-8-17-21(5,26-20)13-9-16-19(3,14-25-15(2)23)11-10-18(24)22(16,17)6/h7,16-18,24H,1,8-14H2,2-6H3/t16-,17+,18+,19-,20-,21+,22-/m0/s1. The monoisotopic (exact) mass is 364 g/mol. The number of aliphatic hydroxyl groups is 1. The van der Waals surface area contributed by atoms with E-state index in [2.05, 4.69) is 34.3 Å². The molecule has 4 heteroatoms. The molecule has 1 saturated heterocycles. The Hall–Kier alpha value is -0.870. The van der Waals surface area contributed by atoms with Crippen LogP contribution in [0.1, 0.15) is 73.1 Å². The molecule has 3 rings (SSSR count). The normalized spacial score (nSPS) is 51.1. The van der Waals surface area contributed by atoms with Crippen molar-refractivity contribution in [3.8, 4) is 0 Å². The Morgan fingerprint density at radius 3 is 2.42 bits per heavy atom. The topological polar surface area (TPSA) is 55.8 Å². The van der Waals surface area contributed by atoms with Crippen LogP contribution < -0.4 is 0 Å². The summed E-state index contributed by atoms with van der Waals surface area (Å²) in [5, 5.41) is 11.1. The summed E-state index contributed by atoms with van der Waals surface area (Å²) in [6.45, 7) is 14.8. The van der Waals surface area contributed by atoms with E-state index >= 15 is 0 Å². The van der Waals surface area contributed by atoms with Crippen molar-refractivity contribution in [2.45, 2.75) is 90.4 Å². The van der Waals surface area contributed by atoms with Crippen LogP contribution in [0.2, 0.25) is 0 Å². The second-order valence-electron chi connectivity index (χ2n) is 9.97. The molecule has 4 nitrogen and oxygen atoms in total. The van der Waals surface area contributed by atoms with Gasteiger partial charge < -0.3 is 14.6 Å². The van der Waals surface area contributed by atoms with E-state index in [0.717, 1.165) is 38.5 Å². The van der Waals surface area contributed by atoms with Gasteiger partial charge in [0.05, 0.1) is 23.9 Å². The molecule has 0 aromatic carbocycles. The van der Waals surface area contributed by atoms with E-state index in [1.54, 1.807) is 0 Å². The van der Waals surface area contributed by atoms with Gasteiger partial charge in [-0.25, -0.2) is 0 Å². The highest BCUT2D eigenvalue weighted by Gasteiger charge is 2.65. The van der Waals surface area contributed by atoms with Gasteiger partial charge in [-0.1, -0.05) is 19.9 Å². The van der Waals surface area contributed by atoms with Crippen molar-refractivity contribution < 1.29 is 19.4 Å². The number of fused-ring (bicyclic) bond motifs is 3. The van der Waals surface area contributed by atoms with E-state index in [1.807, 2.05) is 6.08 Å². The second kappa shape index (κ2) is 6.34. The Morgan fingerprint density at radius 1 is 1.15 bits per heavy atom. The van der Waals surface area contributed by atoms with Crippen molar-refractivity contribution in [3.05, 3.63) is 12.7 Å². The second-order valence-corrected chi connectivity index (χ2v) is 9.97. The molecular weight excluding hydrogens is 328 g/mol. The van der Waals surface area contributed by atoms with E-state index in [1.165, 1.54) is 6.92 Å². The molecule has 3 aliphatic rings. The van der Waals surface area contributed by atoms with Gasteiger partial charge in [-0.3, -0.25) is 4.79 Å². The first kappa shape index (κ1) is 19.9. The van der Waals surface area contributed by atoms with Gasteiger partial charge in [0.2, 0.25) is 0 Å². The lowest BCUT2D eigenvalue weighted by Crippen LogP contribution is -2.67. The molecule has 7 atom stereocenters. The van der Waals surface area contributed by atoms with Gasteiger partial charge in [-0.2, -0.15) is 0 Å². The van der Waals surface area contributed by atoms with Crippen molar-refractivity contribution in [1.29, 1.82) is 0 Å². The Kier molecular flexibility index (Phi) is 4.85. The molecule has 0 radical (unpaired) electrons. The first-order chi connectivity index (χ1) is 12.0. The lowest BCUT2D eigenvalue weighted by atomic mass is 9.43. The smallest absolute Gasteiger partial charge is 0.302 e. The van der Waals surface area contributed by atoms with Crippen LogP contribution in [-0.4, -0.2) is 35.0 Å². The third kappa shape index (κ3) is 2.93. The van der Waals surface area contributed by atoms with Crippen LogP contribution >= 0.6 is 0 Å². The number of carbonyl (C=O) groups excluding carboxylic acids is 1. The minimum atomic E-state index is -0.334. The first-order valence-electron chi connectivity index (χ1n) is 10.1. The van der Waals surface area contributed by atoms with Crippen molar-refractivity contribution >= 4 is 5.97 Å². The summed E-state index contributed by atoms with van der Waals surface area (Å²) in [6.07, 6.45) is 7.20. The summed E-state index contributed by atoms with van der Waals surface area (Å²) in [7, 11) is 0. The fourth-order valence-corrected chi connectivity index (χ4v) is 6.67. The first-order valence-corrected chi connectivity index (χ1v) is 10.1. The Balaban J connectivity index is 1.94. The number of ether oxygens (including phenoxy) is 2. The largest absolute Gasteiger partial charge is 0.465 e. The van der Waals surface area contributed by atoms with Gasteiger partial charge in [-0.15, -0.1) is 6.58 Å². The Labute approximate surface area is 158 Å². The minimum absolute atomic E-state index is 0.0832. The highest BCUT2D eigenvalue weighted by molar-refractivity contribution is 5.65. The van der Waals surface area contributed by atoms with Crippen LogP contribution in [-0.2, 0) is 14.3 Å². The fourth-order valence-electron chi connectivity index (χ4n) is 6.67. The molecule has 26 heavy (non-hydrogen) atoms.